The average molecular weight is 239 g/mol. The summed E-state index contributed by atoms with van der Waals surface area (Å²) in [5, 5.41) is 3.00. The summed E-state index contributed by atoms with van der Waals surface area (Å²) in [7, 11) is 0. The molecule has 17 heavy (non-hydrogen) atoms. The second-order valence-electron chi connectivity index (χ2n) is 3.82. The van der Waals surface area contributed by atoms with Crippen molar-refractivity contribution in [1.82, 2.24) is 9.55 Å². The molecule has 2 heterocycles. The van der Waals surface area contributed by atoms with Crippen molar-refractivity contribution in [2.24, 2.45) is 0 Å². The minimum Gasteiger partial charge on any atom is -0.354 e. The lowest BCUT2D eigenvalue weighted by Crippen LogP contribution is -1.96. The molecule has 0 unspecified atom stereocenters. The van der Waals surface area contributed by atoms with Crippen LogP contribution in [-0.4, -0.2) is 16.1 Å². The molecule has 0 saturated carbocycles. The zero-order chi connectivity index (χ0) is 12.0. The Morgan fingerprint density at radius 1 is 1.12 bits per heavy atom. The van der Waals surface area contributed by atoms with E-state index in [0.717, 1.165) is 19.2 Å². The van der Waals surface area contributed by atoms with Crippen LogP contribution in [0.25, 0.3) is 11.3 Å². The highest BCUT2D eigenvalue weighted by Gasteiger charge is 2.18. The molecule has 0 aliphatic carbocycles. The van der Waals surface area contributed by atoms with Gasteiger partial charge in [0, 0.05) is 30.9 Å². The summed E-state index contributed by atoms with van der Waals surface area (Å²) in [5.41, 5.74) is 0.260. The number of benzene rings is 1. The van der Waals surface area contributed by atoms with Crippen molar-refractivity contribution in [3.05, 3.63) is 35.8 Å². The number of aromatic nitrogens is 2. The van der Waals surface area contributed by atoms with Crippen LogP contribution in [0.4, 0.5) is 19.1 Å². The van der Waals surface area contributed by atoms with Gasteiger partial charge in [-0.25, -0.2) is 18.2 Å². The second-order valence-corrected chi connectivity index (χ2v) is 3.82. The van der Waals surface area contributed by atoms with Gasteiger partial charge in [-0.2, -0.15) is 0 Å². The van der Waals surface area contributed by atoms with Gasteiger partial charge in [-0.15, -0.1) is 0 Å². The summed E-state index contributed by atoms with van der Waals surface area (Å²) in [6.07, 6.45) is 1.62. The molecule has 0 radical (unpaired) electrons. The summed E-state index contributed by atoms with van der Waals surface area (Å²) < 4.78 is 41.1. The van der Waals surface area contributed by atoms with Crippen LogP contribution in [0, 0.1) is 17.5 Å². The van der Waals surface area contributed by atoms with E-state index in [9.17, 15) is 13.2 Å². The van der Waals surface area contributed by atoms with Gasteiger partial charge >= 0.3 is 0 Å². The minimum absolute atomic E-state index is 0.0346. The van der Waals surface area contributed by atoms with E-state index in [-0.39, 0.29) is 5.56 Å². The van der Waals surface area contributed by atoms with Gasteiger partial charge in [0.1, 0.15) is 5.82 Å². The molecule has 0 fully saturated rings. The lowest BCUT2D eigenvalue weighted by Gasteiger charge is -2.01. The van der Waals surface area contributed by atoms with Crippen molar-refractivity contribution in [2.75, 3.05) is 11.9 Å². The molecule has 1 aliphatic rings. The smallest absolute Gasteiger partial charge is 0.203 e. The van der Waals surface area contributed by atoms with Gasteiger partial charge in [0.05, 0.1) is 5.69 Å². The van der Waals surface area contributed by atoms with Crippen molar-refractivity contribution in [3.8, 4) is 11.3 Å². The molecular weight excluding hydrogens is 231 g/mol. The Kier molecular flexibility index (Phi) is 2.10. The molecule has 1 aromatic heterocycles. The zero-order valence-electron chi connectivity index (χ0n) is 8.67. The van der Waals surface area contributed by atoms with E-state index in [1.54, 1.807) is 10.8 Å². The van der Waals surface area contributed by atoms with Crippen LogP contribution >= 0.6 is 0 Å². The third-order valence-corrected chi connectivity index (χ3v) is 2.70. The van der Waals surface area contributed by atoms with E-state index in [2.05, 4.69) is 10.3 Å². The monoisotopic (exact) mass is 239 g/mol. The van der Waals surface area contributed by atoms with Crippen molar-refractivity contribution < 1.29 is 13.2 Å². The molecule has 0 saturated heterocycles. The third kappa shape index (κ3) is 1.56. The molecule has 0 amide bonds. The summed E-state index contributed by atoms with van der Waals surface area (Å²) in [5.74, 6) is -2.48. The fourth-order valence-electron chi connectivity index (χ4n) is 1.86. The molecule has 3 rings (SSSR count). The lowest BCUT2D eigenvalue weighted by atomic mass is 10.1. The van der Waals surface area contributed by atoms with Crippen LogP contribution < -0.4 is 5.32 Å². The molecule has 1 aromatic carbocycles. The maximum atomic E-state index is 13.5. The van der Waals surface area contributed by atoms with Gasteiger partial charge in [-0.05, 0) is 6.07 Å². The van der Waals surface area contributed by atoms with E-state index in [1.807, 2.05) is 0 Å². The number of nitrogens with zero attached hydrogens (tertiary/aromatic N) is 2. The third-order valence-electron chi connectivity index (χ3n) is 2.70. The molecule has 0 atom stereocenters. The van der Waals surface area contributed by atoms with E-state index >= 15 is 0 Å². The number of halogens is 3. The number of hydrogen-bond donors (Lipinski definition) is 1. The Bertz CT molecular complexity index is 570. The van der Waals surface area contributed by atoms with Gasteiger partial charge in [0.2, 0.25) is 5.95 Å². The van der Waals surface area contributed by atoms with Gasteiger partial charge < -0.3 is 9.88 Å². The molecule has 2 aromatic rings. The molecular formula is C11H8F3N3. The predicted octanol–water partition coefficient (Wildman–Crippen LogP) is 2.39. The summed E-state index contributed by atoms with van der Waals surface area (Å²) in [6.45, 7) is 1.50. The fraction of sp³-hybridized carbons (Fsp3) is 0.182. The SMILES string of the molecule is Fc1cc(F)c(-c2cn3c(n2)NCC3)cc1F. The van der Waals surface area contributed by atoms with Crippen LogP contribution in [0.2, 0.25) is 0 Å². The highest BCUT2D eigenvalue weighted by molar-refractivity contribution is 5.62. The topological polar surface area (TPSA) is 29.9 Å². The number of nitrogens with one attached hydrogen (secondary N) is 1. The molecule has 6 heteroatoms. The maximum Gasteiger partial charge on any atom is 0.203 e. The zero-order valence-corrected chi connectivity index (χ0v) is 8.67. The van der Waals surface area contributed by atoms with Crippen molar-refractivity contribution in [1.29, 1.82) is 0 Å². The number of anilines is 1. The van der Waals surface area contributed by atoms with Crippen molar-refractivity contribution >= 4 is 5.95 Å². The Labute approximate surface area is 94.9 Å². The standard InChI is InChI=1S/C11H8F3N3/c12-7-4-9(14)8(13)3-6(7)10-5-17-2-1-15-11(17)16-10/h3-5H,1-2H2,(H,15,16). The Morgan fingerprint density at radius 2 is 1.88 bits per heavy atom. The quantitative estimate of drug-likeness (QED) is 0.774. The van der Waals surface area contributed by atoms with E-state index in [0.29, 0.717) is 17.7 Å². The van der Waals surface area contributed by atoms with E-state index < -0.39 is 17.5 Å². The first kappa shape index (κ1) is 10.2. The first-order valence-electron chi connectivity index (χ1n) is 5.11. The Hall–Kier alpha value is -1.98. The van der Waals surface area contributed by atoms with E-state index in [4.69, 9.17) is 0 Å². The number of rotatable bonds is 1. The van der Waals surface area contributed by atoms with Crippen molar-refractivity contribution in [3.63, 3.8) is 0 Å². The number of imidazole rings is 1. The molecule has 1 aliphatic heterocycles. The van der Waals surface area contributed by atoms with Crippen LogP contribution in [0.3, 0.4) is 0 Å². The Morgan fingerprint density at radius 3 is 2.65 bits per heavy atom. The lowest BCUT2D eigenvalue weighted by molar-refractivity contribution is 0.496. The minimum atomic E-state index is -1.20. The fourth-order valence-corrected chi connectivity index (χ4v) is 1.86. The van der Waals surface area contributed by atoms with Gasteiger partial charge in [0.15, 0.2) is 11.6 Å². The largest absolute Gasteiger partial charge is 0.354 e. The predicted molar refractivity (Wildman–Crippen MR) is 56.0 cm³/mol. The normalized spacial score (nSPS) is 13.6. The highest BCUT2D eigenvalue weighted by Crippen LogP contribution is 2.27. The first-order chi connectivity index (χ1) is 8.15. The van der Waals surface area contributed by atoms with Gasteiger partial charge in [0.25, 0.3) is 0 Å². The van der Waals surface area contributed by atoms with Crippen LogP contribution in [0.1, 0.15) is 0 Å². The van der Waals surface area contributed by atoms with Crippen LogP contribution in [0.5, 0.6) is 0 Å². The van der Waals surface area contributed by atoms with Crippen molar-refractivity contribution in [2.45, 2.75) is 6.54 Å². The maximum absolute atomic E-state index is 13.5. The van der Waals surface area contributed by atoms with Gasteiger partial charge in [-0.3, -0.25) is 0 Å². The molecule has 3 nitrogen and oxygen atoms in total. The molecule has 1 N–H and O–H groups in total. The Balaban J connectivity index is 2.11. The second kappa shape index (κ2) is 3.51. The molecule has 0 spiro atoms. The number of fused-ring (bicyclic) bond motifs is 1. The average Bonchev–Trinajstić information content (AvgIpc) is 2.83. The summed E-state index contributed by atoms with van der Waals surface area (Å²) in [6, 6.07) is 1.35. The van der Waals surface area contributed by atoms with E-state index in [1.165, 1.54) is 0 Å². The van der Waals surface area contributed by atoms with Crippen LogP contribution in [-0.2, 0) is 6.54 Å². The molecule has 88 valence electrons. The summed E-state index contributed by atoms with van der Waals surface area (Å²) in [4.78, 5) is 4.12. The number of hydrogen-bond acceptors (Lipinski definition) is 2. The first-order valence-corrected chi connectivity index (χ1v) is 5.11. The highest BCUT2D eigenvalue weighted by atomic mass is 19.2. The summed E-state index contributed by atoms with van der Waals surface area (Å²) >= 11 is 0. The van der Waals surface area contributed by atoms with Crippen LogP contribution in [0.15, 0.2) is 18.3 Å². The van der Waals surface area contributed by atoms with Gasteiger partial charge in [-0.1, -0.05) is 0 Å². The molecule has 0 bridgehead atoms.